The molecule has 0 spiro atoms. The fourth-order valence-electron chi connectivity index (χ4n) is 7.45. The number of para-hydroxylation sites is 2. The van der Waals surface area contributed by atoms with Gasteiger partial charge in [0.25, 0.3) is 0 Å². The Hall–Kier alpha value is -6.85. The molecule has 0 saturated heterocycles. The smallest absolute Gasteiger partial charge is 0.164 e. The van der Waals surface area contributed by atoms with E-state index in [0.29, 0.717) is 17.5 Å². The Bertz CT molecular complexity index is 3040. The number of rotatable bonds is 3. The molecular weight excluding hydrogens is 615 g/mol. The van der Waals surface area contributed by atoms with Crippen LogP contribution in [0.2, 0.25) is 0 Å². The zero-order chi connectivity index (χ0) is 32.8. The first-order valence-corrected chi connectivity index (χ1v) is 16.7. The lowest BCUT2D eigenvalue weighted by Crippen LogP contribution is -2.00. The molecule has 0 radical (unpaired) electrons. The van der Waals surface area contributed by atoms with Gasteiger partial charge >= 0.3 is 0 Å². The first-order chi connectivity index (χ1) is 24.7. The lowest BCUT2D eigenvalue weighted by molar-refractivity contribution is 0.668. The van der Waals surface area contributed by atoms with Gasteiger partial charge in [0.05, 0.1) is 0 Å². The van der Waals surface area contributed by atoms with E-state index in [-0.39, 0.29) is 0 Å². The Morgan fingerprint density at radius 2 is 0.680 bits per heavy atom. The number of aromatic nitrogens is 3. The van der Waals surface area contributed by atoms with Gasteiger partial charge in [-0.05, 0) is 74.8 Å². The quantitative estimate of drug-likeness (QED) is 0.180. The highest BCUT2D eigenvalue weighted by atomic mass is 16.3. The van der Waals surface area contributed by atoms with Crippen LogP contribution in [0.25, 0.3) is 110 Å². The van der Waals surface area contributed by atoms with Crippen molar-refractivity contribution >= 4 is 76.2 Å². The van der Waals surface area contributed by atoms with Crippen molar-refractivity contribution in [1.29, 1.82) is 0 Å². The van der Waals surface area contributed by atoms with E-state index in [2.05, 4.69) is 103 Å². The highest BCUT2D eigenvalue weighted by Gasteiger charge is 2.17. The summed E-state index contributed by atoms with van der Waals surface area (Å²) in [5, 5.41) is 11.5. The van der Waals surface area contributed by atoms with Crippen molar-refractivity contribution in [3.8, 4) is 34.2 Å². The van der Waals surface area contributed by atoms with Gasteiger partial charge in [-0.3, -0.25) is 0 Å². The third-order valence-electron chi connectivity index (χ3n) is 9.91. The van der Waals surface area contributed by atoms with E-state index in [1.807, 2.05) is 48.5 Å². The molecule has 0 aliphatic heterocycles. The number of nitrogens with zero attached hydrogens (tertiary/aromatic N) is 3. The van der Waals surface area contributed by atoms with Crippen molar-refractivity contribution in [3.63, 3.8) is 0 Å². The van der Waals surface area contributed by atoms with E-state index in [1.54, 1.807) is 0 Å². The standard InChI is InChI=1S/C45H25N3O2/c1-2-8-31-26(7-1)15-20-33-32(31)19-16-27-13-14-28(23-38(27)33)43-46-44(29-17-21-36-34-9-3-5-11-39(34)49-41(36)24-29)48-45(47-43)30-18-22-37-35-10-4-6-12-40(35)50-42(37)25-30/h1-25H. The fourth-order valence-corrected chi connectivity index (χ4v) is 7.45. The number of furan rings is 2. The van der Waals surface area contributed by atoms with Crippen molar-refractivity contribution in [2.45, 2.75) is 0 Å². The van der Waals surface area contributed by atoms with E-state index in [0.717, 1.165) is 71.3 Å². The second-order valence-electron chi connectivity index (χ2n) is 12.8. The Balaban J connectivity index is 1.13. The van der Waals surface area contributed by atoms with E-state index in [9.17, 15) is 0 Å². The van der Waals surface area contributed by atoms with Gasteiger partial charge in [0.1, 0.15) is 22.3 Å². The van der Waals surface area contributed by atoms with Crippen LogP contribution < -0.4 is 0 Å². The maximum absolute atomic E-state index is 6.26. The summed E-state index contributed by atoms with van der Waals surface area (Å²) < 4.78 is 12.5. The largest absolute Gasteiger partial charge is 0.456 e. The summed E-state index contributed by atoms with van der Waals surface area (Å²) in [6, 6.07) is 52.4. The summed E-state index contributed by atoms with van der Waals surface area (Å²) in [6.07, 6.45) is 0. The SMILES string of the molecule is c1ccc2c(c1)ccc1c3cc(-c4nc(-c5ccc6c(c5)oc5ccccc56)nc(-c5ccc6c(c5)oc5ccccc56)n4)ccc3ccc21. The number of fused-ring (bicyclic) bond motifs is 11. The maximum atomic E-state index is 6.26. The second kappa shape index (κ2) is 10.3. The van der Waals surface area contributed by atoms with Gasteiger partial charge in [0, 0.05) is 38.2 Å². The molecule has 3 heterocycles. The first kappa shape index (κ1) is 27.1. The molecule has 5 nitrogen and oxygen atoms in total. The second-order valence-corrected chi connectivity index (χ2v) is 12.8. The fraction of sp³-hybridized carbons (Fsp3) is 0. The monoisotopic (exact) mass is 639 g/mol. The average Bonchev–Trinajstić information content (AvgIpc) is 3.75. The van der Waals surface area contributed by atoms with Crippen molar-refractivity contribution in [2.75, 3.05) is 0 Å². The summed E-state index contributed by atoms with van der Waals surface area (Å²) in [5.41, 5.74) is 5.91. The van der Waals surface area contributed by atoms with Crippen LogP contribution in [0.15, 0.2) is 160 Å². The van der Waals surface area contributed by atoms with Gasteiger partial charge in [0.15, 0.2) is 17.5 Å². The zero-order valence-corrected chi connectivity index (χ0v) is 26.6. The molecule has 0 N–H and O–H groups in total. The lowest BCUT2D eigenvalue weighted by Gasteiger charge is -2.11. The topological polar surface area (TPSA) is 65.0 Å². The van der Waals surface area contributed by atoms with Crippen LogP contribution in [0, 0.1) is 0 Å². The lowest BCUT2D eigenvalue weighted by atomic mass is 9.96. The van der Waals surface area contributed by atoms with Crippen LogP contribution >= 0.6 is 0 Å². The van der Waals surface area contributed by atoms with E-state index < -0.39 is 0 Å². The molecule has 5 heteroatoms. The van der Waals surface area contributed by atoms with Gasteiger partial charge in [-0.25, -0.2) is 15.0 Å². The van der Waals surface area contributed by atoms with Crippen molar-refractivity contribution in [3.05, 3.63) is 152 Å². The minimum atomic E-state index is 0.570. The predicted molar refractivity (Wildman–Crippen MR) is 203 cm³/mol. The first-order valence-electron chi connectivity index (χ1n) is 16.7. The van der Waals surface area contributed by atoms with Gasteiger partial charge in [-0.2, -0.15) is 0 Å². The highest BCUT2D eigenvalue weighted by molar-refractivity contribution is 6.17. The number of benzene rings is 8. The molecule has 232 valence electrons. The molecule has 0 aliphatic carbocycles. The number of hydrogen-bond donors (Lipinski definition) is 0. The van der Waals surface area contributed by atoms with E-state index in [4.69, 9.17) is 23.8 Å². The average molecular weight is 640 g/mol. The van der Waals surface area contributed by atoms with Gasteiger partial charge in [0.2, 0.25) is 0 Å². The molecular formula is C45H25N3O2. The summed E-state index contributed by atoms with van der Waals surface area (Å²) in [6.45, 7) is 0. The molecule has 0 aliphatic rings. The Morgan fingerprint density at radius 1 is 0.280 bits per heavy atom. The van der Waals surface area contributed by atoms with Crippen LogP contribution in [-0.2, 0) is 0 Å². The predicted octanol–water partition coefficient (Wildman–Crippen LogP) is 12.1. The molecule has 8 aromatic carbocycles. The maximum Gasteiger partial charge on any atom is 0.164 e. The molecule has 0 bridgehead atoms. The molecule has 11 aromatic rings. The van der Waals surface area contributed by atoms with E-state index in [1.165, 1.54) is 21.5 Å². The Morgan fingerprint density at radius 3 is 1.28 bits per heavy atom. The summed E-state index contributed by atoms with van der Waals surface area (Å²) in [4.78, 5) is 15.3. The zero-order valence-electron chi connectivity index (χ0n) is 26.6. The van der Waals surface area contributed by atoms with Gasteiger partial charge < -0.3 is 8.83 Å². The van der Waals surface area contributed by atoms with Crippen LogP contribution in [0.5, 0.6) is 0 Å². The van der Waals surface area contributed by atoms with Crippen LogP contribution in [0.1, 0.15) is 0 Å². The van der Waals surface area contributed by atoms with Crippen molar-refractivity contribution < 1.29 is 8.83 Å². The normalized spacial score (nSPS) is 12.0. The van der Waals surface area contributed by atoms with Gasteiger partial charge in [-0.1, -0.05) is 109 Å². The van der Waals surface area contributed by atoms with Crippen LogP contribution in [0.4, 0.5) is 0 Å². The molecule has 0 unspecified atom stereocenters. The van der Waals surface area contributed by atoms with Gasteiger partial charge in [-0.15, -0.1) is 0 Å². The Labute approximate surface area is 285 Å². The molecule has 11 rings (SSSR count). The molecule has 3 aromatic heterocycles. The highest BCUT2D eigenvalue weighted by Crippen LogP contribution is 2.37. The summed E-state index contributed by atoms with van der Waals surface area (Å²) in [7, 11) is 0. The third-order valence-corrected chi connectivity index (χ3v) is 9.91. The van der Waals surface area contributed by atoms with Crippen LogP contribution in [0.3, 0.4) is 0 Å². The minimum absolute atomic E-state index is 0.570. The molecule has 0 atom stereocenters. The van der Waals surface area contributed by atoms with E-state index >= 15 is 0 Å². The molecule has 0 amide bonds. The molecule has 50 heavy (non-hydrogen) atoms. The van der Waals surface area contributed by atoms with Crippen molar-refractivity contribution in [1.82, 2.24) is 15.0 Å². The minimum Gasteiger partial charge on any atom is -0.456 e. The summed E-state index contributed by atoms with van der Waals surface area (Å²) >= 11 is 0. The summed E-state index contributed by atoms with van der Waals surface area (Å²) in [5.74, 6) is 1.74. The molecule has 0 saturated carbocycles. The Kier molecular flexibility index (Phi) is 5.60. The third kappa shape index (κ3) is 4.10. The van der Waals surface area contributed by atoms with Crippen molar-refractivity contribution in [2.24, 2.45) is 0 Å². The molecule has 0 fully saturated rings. The van der Waals surface area contributed by atoms with Crippen LogP contribution in [-0.4, -0.2) is 15.0 Å². The number of hydrogen-bond acceptors (Lipinski definition) is 5.